The molecular formula is C53H64Cl4N10O16P2. The number of aliphatic hydroxyl groups is 2. The summed E-state index contributed by atoms with van der Waals surface area (Å²) in [4.78, 5) is 39.8. The normalized spacial score (nSPS) is 26.5. The smallest absolute Gasteiger partial charge is 0.357 e. The number of benzene rings is 2. The average Bonchev–Trinajstić information content (AvgIpc) is 2.09. The van der Waals surface area contributed by atoms with Crippen LogP contribution in [0, 0.1) is 0 Å². The highest BCUT2D eigenvalue weighted by atomic mass is 35.5. The lowest BCUT2D eigenvalue weighted by atomic mass is 9.85. The molecule has 32 heteroatoms. The second kappa shape index (κ2) is 22.3. The van der Waals surface area contributed by atoms with Gasteiger partial charge in [-0.25, -0.2) is 9.36 Å². The number of fused-ring (bicyclic) bond motifs is 7. The number of ether oxygens (including phenoxy) is 8. The standard InChI is InChI=1S/C32H42Cl2N5O8P.C21H22Cl2N5O8P/c1-29(2,3)46-48(40,47-30(4,5)6)17-41-14-22-23-24(45-31(7,8)44-23)27(43-22)39-26-20(12-35-39)25(36-28(34)37-26)38-15-32(16-38)21-10-9-19(33)11-18(21)13-42-32;22-11-1-2-13-10(3-11)5-35-21(13)7-27(8-21)17-12-4-24-28(18(12)26-20(23)25-17)19-16(30)15(29)14(36-19)6-34-9-37(31,32)33/h9-12,22-24,27H,13-17H2,1-8H3;1-4,14-16,19,29-30H,5-9H2,(H2,31,32,33)/t22-,23-,24-,27-;14-,15-,16-,19-/m11/s1. The molecule has 0 saturated carbocycles. The molecule has 0 radical (unpaired) electrons. The van der Waals surface area contributed by atoms with E-state index < -0.39 is 98.8 Å². The summed E-state index contributed by atoms with van der Waals surface area (Å²) in [5, 5.41) is 32.7. The van der Waals surface area contributed by atoms with Crippen LogP contribution in [0.4, 0.5) is 11.6 Å². The summed E-state index contributed by atoms with van der Waals surface area (Å²) in [7, 11) is -8.03. The molecule has 0 aliphatic carbocycles. The molecule has 8 atom stereocenters. The van der Waals surface area contributed by atoms with Crippen molar-refractivity contribution in [3.8, 4) is 0 Å². The molecule has 7 aliphatic rings. The summed E-state index contributed by atoms with van der Waals surface area (Å²) in [5.74, 6) is 0.302. The maximum absolute atomic E-state index is 13.7. The molecule has 0 unspecified atom stereocenters. The van der Waals surface area contributed by atoms with Crippen molar-refractivity contribution >= 4 is 95.3 Å². The van der Waals surface area contributed by atoms with E-state index in [0.29, 0.717) is 77.5 Å². The number of aromatic nitrogens is 8. The van der Waals surface area contributed by atoms with Crippen molar-refractivity contribution in [2.75, 3.05) is 61.9 Å². The van der Waals surface area contributed by atoms with Crippen molar-refractivity contribution in [3.63, 3.8) is 0 Å². The summed E-state index contributed by atoms with van der Waals surface area (Å²) < 4.78 is 87.7. The van der Waals surface area contributed by atoms with E-state index in [0.717, 1.165) is 22.3 Å². The minimum atomic E-state index is -4.39. The van der Waals surface area contributed by atoms with Gasteiger partial charge in [-0.1, -0.05) is 35.3 Å². The Balaban J connectivity index is 0.000000172. The molecule has 0 amide bonds. The zero-order valence-electron chi connectivity index (χ0n) is 47.4. The predicted molar refractivity (Wildman–Crippen MR) is 308 cm³/mol. The Hall–Kier alpha value is -3.80. The van der Waals surface area contributed by atoms with Gasteiger partial charge in [0.05, 0.1) is 87.0 Å². The first kappa shape index (κ1) is 61.4. The van der Waals surface area contributed by atoms with Crippen molar-refractivity contribution in [1.82, 2.24) is 39.5 Å². The molecular weight excluding hydrogens is 1240 g/mol. The topological polar surface area (TPSA) is 301 Å². The van der Waals surface area contributed by atoms with Crippen LogP contribution in [-0.4, -0.2) is 165 Å². The Kier molecular flexibility index (Phi) is 16.1. The van der Waals surface area contributed by atoms with Gasteiger partial charge in [-0.05, 0) is 125 Å². The summed E-state index contributed by atoms with van der Waals surface area (Å²) in [6.07, 6.45) is -5.21. The van der Waals surface area contributed by atoms with Crippen molar-refractivity contribution in [1.29, 1.82) is 0 Å². The molecule has 4 aromatic heterocycles. The van der Waals surface area contributed by atoms with Gasteiger partial charge in [-0.2, -0.15) is 30.1 Å². The third-order valence-electron chi connectivity index (χ3n) is 15.2. The molecule has 2 spiro atoms. The van der Waals surface area contributed by atoms with E-state index in [-0.39, 0.29) is 35.8 Å². The number of hydrogen-bond donors (Lipinski definition) is 4. The number of rotatable bonds is 14. The Bertz CT molecular complexity index is 3630. The van der Waals surface area contributed by atoms with E-state index >= 15 is 0 Å². The van der Waals surface area contributed by atoms with Crippen LogP contribution in [0.3, 0.4) is 0 Å². The van der Waals surface area contributed by atoms with Crippen LogP contribution in [0.2, 0.25) is 20.6 Å². The zero-order chi connectivity index (χ0) is 60.6. The number of aliphatic hydroxyl groups excluding tert-OH is 2. The largest absolute Gasteiger partial charge is 0.387 e. The second-order valence-corrected chi connectivity index (χ2v) is 29.5. The van der Waals surface area contributed by atoms with Crippen LogP contribution in [-0.2, 0) is 80.5 Å². The predicted octanol–water partition coefficient (Wildman–Crippen LogP) is 7.74. The molecule has 460 valence electrons. The van der Waals surface area contributed by atoms with Crippen LogP contribution >= 0.6 is 61.6 Å². The van der Waals surface area contributed by atoms with Crippen LogP contribution in [0.15, 0.2) is 48.8 Å². The summed E-state index contributed by atoms with van der Waals surface area (Å²) in [6, 6.07) is 11.6. The van der Waals surface area contributed by atoms with Gasteiger partial charge in [0.1, 0.15) is 72.2 Å². The van der Waals surface area contributed by atoms with Crippen LogP contribution in [0.25, 0.3) is 22.1 Å². The fourth-order valence-corrected chi connectivity index (χ4v) is 15.2. The van der Waals surface area contributed by atoms with Gasteiger partial charge < -0.3 is 76.7 Å². The van der Waals surface area contributed by atoms with E-state index in [4.69, 9.17) is 108 Å². The van der Waals surface area contributed by atoms with E-state index in [2.05, 4.69) is 29.9 Å². The molecule has 5 saturated heterocycles. The molecule has 2 aromatic carbocycles. The van der Waals surface area contributed by atoms with E-state index in [1.165, 1.54) is 10.9 Å². The highest BCUT2D eigenvalue weighted by Crippen LogP contribution is 2.55. The monoisotopic (exact) mass is 1300 g/mol. The van der Waals surface area contributed by atoms with Gasteiger partial charge >= 0.3 is 15.2 Å². The molecule has 5 fully saturated rings. The van der Waals surface area contributed by atoms with Gasteiger partial charge in [0, 0.05) is 10.0 Å². The van der Waals surface area contributed by atoms with Gasteiger partial charge in [0.2, 0.25) is 10.6 Å². The van der Waals surface area contributed by atoms with E-state index in [1.807, 2.05) is 96.7 Å². The maximum Gasteiger partial charge on any atom is 0.357 e. The first-order valence-electron chi connectivity index (χ1n) is 27.3. The number of halogens is 4. The van der Waals surface area contributed by atoms with Gasteiger partial charge in [0.25, 0.3) is 0 Å². The number of nitrogens with zero attached hydrogens (tertiary/aromatic N) is 10. The molecule has 85 heavy (non-hydrogen) atoms. The summed E-state index contributed by atoms with van der Waals surface area (Å²) in [5.41, 5.74) is 2.82. The molecule has 11 heterocycles. The Morgan fingerprint density at radius 2 is 1.09 bits per heavy atom. The Labute approximate surface area is 507 Å². The summed E-state index contributed by atoms with van der Waals surface area (Å²) >= 11 is 25.1. The molecule has 6 aromatic rings. The average molecular weight is 1300 g/mol. The van der Waals surface area contributed by atoms with Gasteiger partial charge in [-0.15, -0.1) is 0 Å². The minimum absolute atomic E-state index is 0.0423. The van der Waals surface area contributed by atoms with Crippen LogP contribution in [0.1, 0.15) is 90.1 Å². The first-order valence-corrected chi connectivity index (χ1v) is 32.3. The van der Waals surface area contributed by atoms with Crippen molar-refractivity contribution in [3.05, 3.63) is 91.7 Å². The minimum Gasteiger partial charge on any atom is -0.387 e. The third-order valence-corrected chi connectivity index (χ3v) is 18.6. The lowest BCUT2D eigenvalue weighted by molar-refractivity contribution is -0.202. The fourth-order valence-electron chi connectivity index (χ4n) is 12.0. The van der Waals surface area contributed by atoms with Gasteiger partial charge in [0.15, 0.2) is 29.5 Å². The quantitative estimate of drug-likeness (QED) is 0.0598. The van der Waals surface area contributed by atoms with Crippen molar-refractivity contribution < 1.29 is 76.1 Å². The highest BCUT2D eigenvalue weighted by Gasteiger charge is 2.58. The Morgan fingerprint density at radius 3 is 1.59 bits per heavy atom. The van der Waals surface area contributed by atoms with Gasteiger partial charge in [-0.3, -0.25) is 9.13 Å². The lowest BCUT2D eigenvalue weighted by Gasteiger charge is -2.48. The molecule has 4 N–H and O–H groups in total. The number of hydrogen-bond acceptors (Lipinski definition) is 22. The van der Waals surface area contributed by atoms with Crippen molar-refractivity contribution in [2.45, 2.75) is 146 Å². The van der Waals surface area contributed by atoms with Crippen LogP contribution < -0.4 is 9.80 Å². The fraction of sp³-hybridized carbons (Fsp3) is 0.585. The highest BCUT2D eigenvalue weighted by molar-refractivity contribution is 7.53. The van der Waals surface area contributed by atoms with E-state index in [9.17, 15) is 19.3 Å². The third kappa shape index (κ3) is 12.2. The van der Waals surface area contributed by atoms with Crippen LogP contribution in [0.5, 0.6) is 0 Å². The van der Waals surface area contributed by atoms with E-state index in [1.54, 1.807) is 10.9 Å². The Morgan fingerprint density at radius 1 is 0.635 bits per heavy atom. The van der Waals surface area contributed by atoms with Crippen molar-refractivity contribution in [2.24, 2.45) is 0 Å². The molecule has 7 aliphatic heterocycles. The molecule has 13 rings (SSSR count). The summed E-state index contributed by atoms with van der Waals surface area (Å²) in [6.45, 7) is 17.5. The SMILES string of the molecule is CC(C)(C)OP(=O)(COC[C@H]1O[C@@H](n2ncc3c(N4CC5(C4)OCc4cc(Cl)ccc45)nc(Cl)nc32)[C@@H]2OC(C)(C)O[C@@H]21)OC(C)(C)C.O=P(O)(O)COC[C@H]1O[C@@H](n2ncc3c(N4CC5(C4)OCc4cc(Cl)ccc45)nc(Cl)nc32)[C@H](O)[C@@H]1O. The first-order chi connectivity index (χ1) is 39.9. The zero-order valence-corrected chi connectivity index (χ0v) is 52.2. The molecule has 26 nitrogen and oxygen atoms in total. The second-order valence-electron chi connectivity index (χ2n) is 24.5. The number of anilines is 2. The maximum atomic E-state index is 13.7. The molecule has 0 bridgehead atoms. The lowest BCUT2D eigenvalue weighted by Crippen LogP contribution is -2.59.